The Bertz CT molecular complexity index is 424. The molecule has 0 saturated heterocycles. The third-order valence-electron chi connectivity index (χ3n) is 1.92. The summed E-state index contributed by atoms with van der Waals surface area (Å²) in [5, 5.41) is 9.05. The van der Waals surface area contributed by atoms with Gasteiger partial charge in [-0.2, -0.15) is 5.10 Å². The van der Waals surface area contributed by atoms with Gasteiger partial charge in [-0.1, -0.05) is 6.07 Å². The first-order chi connectivity index (χ1) is 7.36. The van der Waals surface area contributed by atoms with Crippen LogP contribution in [0.4, 0.5) is 0 Å². The zero-order chi connectivity index (χ0) is 10.5. The molecule has 0 saturated carbocycles. The molecule has 5 heteroatoms. The largest absolute Gasteiger partial charge is 0.347 e. The average Bonchev–Trinajstić information content (AvgIpc) is 2.81. The molecular weight excluding hydrogens is 192 g/mol. The minimum atomic E-state index is -0.170. The van der Waals surface area contributed by atoms with E-state index in [2.05, 4.69) is 20.5 Å². The van der Waals surface area contributed by atoms with Crippen molar-refractivity contribution in [3.63, 3.8) is 0 Å². The van der Waals surface area contributed by atoms with Crippen LogP contribution in [0.5, 0.6) is 0 Å². The molecule has 0 aliphatic rings. The minimum absolute atomic E-state index is 0.170. The molecule has 15 heavy (non-hydrogen) atoms. The lowest BCUT2D eigenvalue weighted by molar-refractivity contribution is 0.0946. The Morgan fingerprint density at radius 1 is 1.40 bits per heavy atom. The Morgan fingerprint density at radius 2 is 2.33 bits per heavy atom. The number of aromatic amines is 1. The van der Waals surface area contributed by atoms with Gasteiger partial charge in [0.2, 0.25) is 0 Å². The monoisotopic (exact) mass is 202 g/mol. The lowest BCUT2D eigenvalue weighted by atomic mass is 10.3. The SMILES string of the molecule is O=C(NCc1cccnc1)c1ccn[nH]1. The maximum Gasteiger partial charge on any atom is 0.269 e. The van der Waals surface area contributed by atoms with Crippen LogP contribution in [0.3, 0.4) is 0 Å². The number of carbonyl (C=O) groups excluding carboxylic acids is 1. The summed E-state index contributed by atoms with van der Waals surface area (Å²) in [7, 11) is 0. The zero-order valence-electron chi connectivity index (χ0n) is 7.97. The lowest BCUT2D eigenvalue weighted by Crippen LogP contribution is -2.23. The van der Waals surface area contributed by atoms with Gasteiger partial charge in [-0.05, 0) is 17.7 Å². The third kappa shape index (κ3) is 2.40. The second kappa shape index (κ2) is 4.36. The molecule has 5 nitrogen and oxygen atoms in total. The quantitative estimate of drug-likeness (QED) is 0.771. The summed E-state index contributed by atoms with van der Waals surface area (Å²) in [6, 6.07) is 5.36. The molecule has 2 N–H and O–H groups in total. The van der Waals surface area contributed by atoms with E-state index < -0.39 is 0 Å². The van der Waals surface area contributed by atoms with Gasteiger partial charge in [0.15, 0.2) is 0 Å². The van der Waals surface area contributed by atoms with Crippen molar-refractivity contribution in [3.05, 3.63) is 48.0 Å². The van der Waals surface area contributed by atoms with Crippen LogP contribution < -0.4 is 5.32 Å². The summed E-state index contributed by atoms with van der Waals surface area (Å²) in [4.78, 5) is 15.4. The molecule has 0 aromatic carbocycles. The Kier molecular flexibility index (Phi) is 2.73. The van der Waals surface area contributed by atoms with E-state index in [1.807, 2.05) is 12.1 Å². The molecule has 2 heterocycles. The number of amides is 1. The number of hydrogen-bond donors (Lipinski definition) is 2. The van der Waals surface area contributed by atoms with Crippen molar-refractivity contribution < 1.29 is 4.79 Å². The first-order valence-electron chi connectivity index (χ1n) is 4.53. The number of aromatic nitrogens is 3. The summed E-state index contributed by atoms with van der Waals surface area (Å²) in [5.41, 5.74) is 1.42. The van der Waals surface area contributed by atoms with Gasteiger partial charge >= 0.3 is 0 Å². The van der Waals surface area contributed by atoms with Crippen molar-refractivity contribution in [2.45, 2.75) is 6.54 Å². The van der Waals surface area contributed by atoms with Gasteiger partial charge in [0.1, 0.15) is 5.69 Å². The van der Waals surface area contributed by atoms with Crippen LogP contribution in [-0.4, -0.2) is 21.1 Å². The van der Waals surface area contributed by atoms with Gasteiger partial charge in [0.25, 0.3) is 5.91 Å². The predicted molar refractivity (Wildman–Crippen MR) is 54.0 cm³/mol. The maximum atomic E-state index is 11.5. The highest BCUT2D eigenvalue weighted by Gasteiger charge is 2.05. The summed E-state index contributed by atoms with van der Waals surface area (Å²) in [6.45, 7) is 0.464. The topological polar surface area (TPSA) is 70.7 Å². The molecule has 0 spiro atoms. The van der Waals surface area contributed by atoms with E-state index in [1.54, 1.807) is 24.7 Å². The number of hydrogen-bond acceptors (Lipinski definition) is 3. The van der Waals surface area contributed by atoms with Gasteiger partial charge in [-0.15, -0.1) is 0 Å². The van der Waals surface area contributed by atoms with E-state index in [9.17, 15) is 4.79 Å². The minimum Gasteiger partial charge on any atom is -0.347 e. The van der Waals surface area contributed by atoms with E-state index in [0.717, 1.165) is 5.56 Å². The zero-order valence-corrected chi connectivity index (χ0v) is 7.97. The average molecular weight is 202 g/mol. The van der Waals surface area contributed by atoms with Crippen LogP contribution in [0, 0.1) is 0 Å². The van der Waals surface area contributed by atoms with Gasteiger partial charge in [-0.25, -0.2) is 0 Å². The van der Waals surface area contributed by atoms with E-state index in [0.29, 0.717) is 12.2 Å². The van der Waals surface area contributed by atoms with Gasteiger partial charge in [-0.3, -0.25) is 14.9 Å². The molecule has 2 aromatic rings. The first-order valence-corrected chi connectivity index (χ1v) is 4.53. The van der Waals surface area contributed by atoms with Crippen molar-refractivity contribution >= 4 is 5.91 Å². The number of rotatable bonds is 3. The summed E-state index contributed by atoms with van der Waals surface area (Å²) in [6.07, 6.45) is 4.95. The van der Waals surface area contributed by atoms with Crippen molar-refractivity contribution in [1.82, 2.24) is 20.5 Å². The van der Waals surface area contributed by atoms with Crippen LogP contribution in [0.15, 0.2) is 36.8 Å². The fourth-order valence-corrected chi connectivity index (χ4v) is 1.16. The summed E-state index contributed by atoms with van der Waals surface area (Å²) < 4.78 is 0. The molecule has 76 valence electrons. The highest BCUT2D eigenvalue weighted by molar-refractivity contribution is 5.91. The Hall–Kier alpha value is -2.17. The Balaban J connectivity index is 1.92. The second-order valence-electron chi connectivity index (χ2n) is 3.01. The summed E-state index contributed by atoms with van der Waals surface area (Å²) >= 11 is 0. The van der Waals surface area contributed by atoms with Crippen molar-refractivity contribution in [3.8, 4) is 0 Å². The van der Waals surface area contributed by atoms with Crippen LogP contribution >= 0.6 is 0 Å². The fraction of sp³-hybridized carbons (Fsp3) is 0.100. The van der Waals surface area contributed by atoms with Gasteiger partial charge in [0, 0.05) is 25.1 Å². The number of nitrogens with zero attached hydrogens (tertiary/aromatic N) is 2. The molecule has 1 amide bonds. The standard InChI is InChI=1S/C10H10N4O/c15-10(9-3-5-13-14-9)12-7-8-2-1-4-11-6-8/h1-6H,7H2,(H,12,15)(H,13,14). The second-order valence-corrected chi connectivity index (χ2v) is 3.01. The van der Waals surface area contributed by atoms with Gasteiger partial charge < -0.3 is 5.32 Å². The molecule has 0 unspecified atom stereocenters. The first kappa shape index (κ1) is 9.39. The molecule has 2 rings (SSSR count). The highest BCUT2D eigenvalue weighted by Crippen LogP contribution is 1.96. The number of nitrogens with one attached hydrogen (secondary N) is 2. The smallest absolute Gasteiger partial charge is 0.269 e. The van der Waals surface area contributed by atoms with Crippen molar-refractivity contribution in [2.24, 2.45) is 0 Å². The Labute approximate surface area is 86.5 Å². The molecule has 0 aliphatic carbocycles. The van der Waals surface area contributed by atoms with Crippen LogP contribution in [0.2, 0.25) is 0 Å². The molecule has 0 fully saturated rings. The molecule has 0 atom stereocenters. The van der Waals surface area contributed by atoms with Gasteiger partial charge in [0.05, 0.1) is 0 Å². The number of pyridine rings is 1. The third-order valence-corrected chi connectivity index (χ3v) is 1.92. The van der Waals surface area contributed by atoms with Crippen molar-refractivity contribution in [1.29, 1.82) is 0 Å². The van der Waals surface area contributed by atoms with Crippen molar-refractivity contribution in [2.75, 3.05) is 0 Å². The highest BCUT2D eigenvalue weighted by atomic mass is 16.1. The van der Waals surface area contributed by atoms with E-state index in [4.69, 9.17) is 0 Å². The van der Waals surface area contributed by atoms with E-state index in [-0.39, 0.29) is 5.91 Å². The molecule has 0 bridgehead atoms. The lowest BCUT2D eigenvalue weighted by Gasteiger charge is -2.02. The van der Waals surface area contributed by atoms with Crippen LogP contribution in [0.1, 0.15) is 16.1 Å². The molecule has 0 radical (unpaired) electrons. The normalized spacial score (nSPS) is 9.87. The summed E-state index contributed by atoms with van der Waals surface area (Å²) in [5.74, 6) is -0.170. The molecule has 2 aromatic heterocycles. The number of H-pyrrole nitrogens is 1. The Morgan fingerprint density at radius 3 is 3.00 bits per heavy atom. The predicted octanol–water partition coefficient (Wildman–Crippen LogP) is 0.735. The molecular formula is C10H10N4O. The fourth-order valence-electron chi connectivity index (χ4n) is 1.16. The number of carbonyl (C=O) groups is 1. The molecule has 0 aliphatic heterocycles. The van der Waals surface area contributed by atoms with Crippen LogP contribution in [0.25, 0.3) is 0 Å². The maximum absolute atomic E-state index is 11.5. The van der Waals surface area contributed by atoms with E-state index in [1.165, 1.54) is 0 Å². The van der Waals surface area contributed by atoms with E-state index >= 15 is 0 Å². The van der Waals surface area contributed by atoms with Crippen LogP contribution in [-0.2, 0) is 6.54 Å².